The van der Waals surface area contributed by atoms with Crippen molar-refractivity contribution in [1.29, 1.82) is 0 Å². The largest absolute Gasteiger partial charge is 0.342 e. The summed E-state index contributed by atoms with van der Waals surface area (Å²) in [5, 5.41) is 0.576. The number of likely N-dealkylation sites (N-methyl/N-ethyl adjacent to an activating group) is 1. The minimum atomic E-state index is -3.88. The zero-order valence-corrected chi connectivity index (χ0v) is 19.3. The van der Waals surface area contributed by atoms with Crippen molar-refractivity contribution >= 4 is 27.5 Å². The van der Waals surface area contributed by atoms with Gasteiger partial charge in [0.15, 0.2) is 0 Å². The molecule has 0 bridgehead atoms. The van der Waals surface area contributed by atoms with E-state index in [1.165, 1.54) is 4.31 Å². The van der Waals surface area contributed by atoms with E-state index in [4.69, 9.17) is 11.6 Å². The van der Waals surface area contributed by atoms with Gasteiger partial charge in [-0.25, -0.2) is 8.42 Å². The van der Waals surface area contributed by atoms with Crippen LogP contribution in [-0.4, -0.2) is 43.2 Å². The lowest BCUT2D eigenvalue weighted by Crippen LogP contribution is -2.42. The molecular weight excluding hydrogens is 408 g/mol. The highest BCUT2D eigenvalue weighted by Gasteiger charge is 2.30. The summed E-state index contributed by atoms with van der Waals surface area (Å²) in [5.41, 5.74) is 3.13. The Kier molecular flexibility index (Phi) is 7.86. The summed E-state index contributed by atoms with van der Waals surface area (Å²) in [6.45, 7) is 10.2. The van der Waals surface area contributed by atoms with Gasteiger partial charge in [0.05, 0.1) is 11.4 Å². The first kappa shape index (κ1) is 23.4. The highest BCUT2D eigenvalue weighted by molar-refractivity contribution is 7.89. The third-order valence-electron chi connectivity index (χ3n) is 4.90. The van der Waals surface area contributed by atoms with Gasteiger partial charge in [-0.2, -0.15) is 4.31 Å². The van der Waals surface area contributed by atoms with Gasteiger partial charge in [0.2, 0.25) is 15.9 Å². The summed E-state index contributed by atoms with van der Waals surface area (Å²) in [6, 6.07) is 10.7. The van der Waals surface area contributed by atoms with Crippen LogP contribution in [0.4, 0.5) is 0 Å². The molecule has 7 heteroatoms. The summed E-state index contributed by atoms with van der Waals surface area (Å²) in [7, 11) is -3.88. The number of rotatable bonds is 8. The second-order valence-corrected chi connectivity index (χ2v) is 9.50. The van der Waals surface area contributed by atoms with Crippen molar-refractivity contribution in [3.8, 4) is 0 Å². The van der Waals surface area contributed by atoms with Gasteiger partial charge in [0, 0.05) is 24.7 Å². The Morgan fingerprint density at radius 1 is 0.966 bits per heavy atom. The summed E-state index contributed by atoms with van der Waals surface area (Å²) >= 11 is 5.96. The quantitative estimate of drug-likeness (QED) is 0.619. The molecule has 0 heterocycles. The van der Waals surface area contributed by atoms with E-state index in [9.17, 15) is 13.2 Å². The molecule has 0 aromatic heterocycles. The van der Waals surface area contributed by atoms with E-state index in [-0.39, 0.29) is 23.9 Å². The summed E-state index contributed by atoms with van der Waals surface area (Å²) in [6.07, 6.45) is 0. The van der Waals surface area contributed by atoms with Crippen molar-refractivity contribution in [2.24, 2.45) is 0 Å². The molecule has 0 saturated heterocycles. The number of benzene rings is 2. The molecule has 0 radical (unpaired) electrons. The van der Waals surface area contributed by atoms with Crippen molar-refractivity contribution in [2.75, 3.05) is 19.6 Å². The van der Waals surface area contributed by atoms with Crippen LogP contribution >= 0.6 is 11.6 Å². The molecule has 1 amide bonds. The molecule has 0 aliphatic carbocycles. The predicted molar refractivity (Wildman–Crippen MR) is 118 cm³/mol. The number of nitrogens with zero attached hydrogens (tertiary/aromatic N) is 2. The average molecular weight is 437 g/mol. The van der Waals surface area contributed by atoms with Gasteiger partial charge in [-0.1, -0.05) is 41.4 Å². The number of carbonyl (C=O) groups excluding carboxylic acids is 1. The lowest BCUT2D eigenvalue weighted by molar-refractivity contribution is -0.131. The first-order valence-electron chi connectivity index (χ1n) is 9.70. The molecule has 29 heavy (non-hydrogen) atoms. The topological polar surface area (TPSA) is 57.7 Å². The molecule has 0 spiro atoms. The number of halogens is 1. The maximum Gasteiger partial charge on any atom is 0.244 e. The van der Waals surface area contributed by atoms with Crippen LogP contribution in [0.3, 0.4) is 0 Å². The lowest BCUT2D eigenvalue weighted by Gasteiger charge is -2.27. The number of hydrogen-bond acceptors (Lipinski definition) is 3. The van der Waals surface area contributed by atoms with Gasteiger partial charge < -0.3 is 4.90 Å². The third-order valence-corrected chi connectivity index (χ3v) is 7.25. The van der Waals surface area contributed by atoms with Gasteiger partial charge in [-0.15, -0.1) is 0 Å². The van der Waals surface area contributed by atoms with Crippen molar-refractivity contribution in [3.63, 3.8) is 0 Å². The molecule has 0 unspecified atom stereocenters. The fourth-order valence-electron chi connectivity index (χ4n) is 3.55. The number of hydrogen-bond donors (Lipinski definition) is 0. The van der Waals surface area contributed by atoms with Crippen LogP contribution in [-0.2, 0) is 21.4 Å². The molecule has 0 aliphatic rings. The van der Waals surface area contributed by atoms with E-state index in [2.05, 4.69) is 0 Å². The monoisotopic (exact) mass is 436 g/mol. The summed E-state index contributed by atoms with van der Waals surface area (Å²) in [5.74, 6) is -0.213. The second-order valence-electron chi connectivity index (χ2n) is 7.19. The smallest absolute Gasteiger partial charge is 0.244 e. The first-order valence-corrected chi connectivity index (χ1v) is 11.5. The summed E-state index contributed by atoms with van der Waals surface area (Å²) in [4.78, 5) is 14.7. The Morgan fingerprint density at radius 3 is 1.97 bits per heavy atom. The Balaban J connectivity index is 2.50. The van der Waals surface area contributed by atoms with Crippen LogP contribution in [0.25, 0.3) is 0 Å². The number of sulfonamides is 1. The normalized spacial score (nSPS) is 11.7. The molecule has 2 aromatic carbocycles. The Morgan fingerprint density at radius 2 is 1.48 bits per heavy atom. The van der Waals surface area contributed by atoms with Crippen molar-refractivity contribution in [3.05, 3.63) is 63.7 Å². The number of aryl methyl sites for hydroxylation is 3. The molecule has 0 atom stereocenters. The van der Waals surface area contributed by atoms with E-state index in [0.29, 0.717) is 29.2 Å². The maximum absolute atomic E-state index is 13.6. The van der Waals surface area contributed by atoms with Gasteiger partial charge in [-0.3, -0.25) is 4.79 Å². The van der Waals surface area contributed by atoms with Gasteiger partial charge >= 0.3 is 0 Å². The fraction of sp³-hybridized carbons (Fsp3) is 0.409. The first-order chi connectivity index (χ1) is 13.6. The van der Waals surface area contributed by atoms with E-state index in [0.717, 1.165) is 11.1 Å². The van der Waals surface area contributed by atoms with Crippen molar-refractivity contribution in [1.82, 2.24) is 9.21 Å². The molecule has 0 fully saturated rings. The molecule has 0 aliphatic heterocycles. The van der Waals surface area contributed by atoms with Crippen LogP contribution in [0.1, 0.15) is 36.1 Å². The summed E-state index contributed by atoms with van der Waals surface area (Å²) < 4.78 is 28.5. The molecule has 0 saturated carbocycles. The molecular formula is C22H29ClN2O3S. The van der Waals surface area contributed by atoms with Gasteiger partial charge in [-0.05, 0) is 63.4 Å². The van der Waals surface area contributed by atoms with Gasteiger partial charge in [0.25, 0.3) is 0 Å². The lowest BCUT2D eigenvalue weighted by atomic mass is 10.1. The Bertz CT molecular complexity index is 945. The minimum Gasteiger partial charge on any atom is -0.342 e. The van der Waals surface area contributed by atoms with E-state index in [1.54, 1.807) is 43.0 Å². The van der Waals surface area contributed by atoms with E-state index < -0.39 is 10.0 Å². The highest BCUT2D eigenvalue weighted by atomic mass is 35.5. The molecule has 158 valence electrons. The third kappa shape index (κ3) is 5.59. The standard InChI is InChI=1S/C22H29ClN2O3S/c1-6-24(7-2)21(26)15-25(14-19-8-10-20(23)11-9-19)29(27,28)22-17(4)12-16(3)13-18(22)5/h8-13H,6-7,14-15H2,1-5H3. The van der Waals surface area contributed by atoms with Crippen LogP contribution in [0, 0.1) is 20.8 Å². The van der Waals surface area contributed by atoms with E-state index >= 15 is 0 Å². The van der Waals surface area contributed by atoms with Crippen LogP contribution in [0.15, 0.2) is 41.3 Å². The highest BCUT2D eigenvalue weighted by Crippen LogP contribution is 2.27. The Hall–Kier alpha value is -1.89. The zero-order chi connectivity index (χ0) is 21.8. The second kappa shape index (κ2) is 9.74. The average Bonchev–Trinajstić information content (AvgIpc) is 2.62. The molecule has 2 rings (SSSR count). The van der Waals surface area contributed by atoms with Crippen molar-refractivity contribution in [2.45, 2.75) is 46.1 Å². The number of carbonyl (C=O) groups is 1. The van der Waals surface area contributed by atoms with E-state index in [1.807, 2.05) is 32.9 Å². The van der Waals surface area contributed by atoms with Crippen molar-refractivity contribution < 1.29 is 13.2 Å². The Labute approximate surface area is 179 Å². The molecule has 0 N–H and O–H groups in total. The SMILES string of the molecule is CCN(CC)C(=O)CN(Cc1ccc(Cl)cc1)S(=O)(=O)c1c(C)cc(C)cc1C. The van der Waals surface area contributed by atoms with Gasteiger partial charge in [0.1, 0.15) is 0 Å². The van der Waals surface area contributed by atoms with Crippen LogP contribution in [0.2, 0.25) is 5.02 Å². The minimum absolute atomic E-state index is 0.0965. The van der Waals surface area contributed by atoms with Crippen LogP contribution in [0.5, 0.6) is 0 Å². The van der Waals surface area contributed by atoms with Crippen LogP contribution < -0.4 is 0 Å². The zero-order valence-electron chi connectivity index (χ0n) is 17.7. The fourth-order valence-corrected chi connectivity index (χ4v) is 5.46. The maximum atomic E-state index is 13.6. The predicted octanol–water partition coefficient (Wildman–Crippen LogP) is 4.32. The molecule has 2 aromatic rings. The number of amides is 1. The molecule has 5 nitrogen and oxygen atoms in total.